The van der Waals surface area contributed by atoms with E-state index < -0.39 is 29.0 Å². The minimum atomic E-state index is -3.92. The van der Waals surface area contributed by atoms with Gasteiger partial charge in [0.25, 0.3) is 5.92 Å². The Hall–Kier alpha value is -0.760. The zero-order valence-corrected chi connectivity index (χ0v) is 12.7. The van der Waals surface area contributed by atoms with E-state index in [9.17, 15) is 17.2 Å². The number of hydrogen-bond donors (Lipinski definition) is 2. The summed E-state index contributed by atoms with van der Waals surface area (Å²) in [4.78, 5) is -0.0276. The molecule has 0 amide bonds. The molecule has 0 spiro atoms. The van der Waals surface area contributed by atoms with Gasteiger partial charge in [0.2, 0.25) is 10.0 Å². The molecule has 1 rings (SSSR count). The van der Waals surface area contributed by atoms with E-state index in [4.69, 9.17) is 5.73 Å². The summed E-state index contributed by atoms with van der Waals surface area (Å²) >= 11 is 0. The Labute approximate surface area is 124 Å². The van der Waals surface area contributed by atoms with E-state index in [1.54, 1.807) is 12.1 Å². The molecular formula is C12H19ClF2N2O2S. The molecule has 8 heteroatoms. The van der Waals surface area contributed by atoms with Crippen LogP contribution >= 0.6 is 12.4 Å². The summed E-state index contributed by atoms with van der Waals surface area (Å²) in [5.74, 6) is -3.24. The molecule has 116 valence electrons. The van der Waals surface area contributed by atoms with Gasteiger partial charge in [0.15, 0.2) is 0 Å². The van der Waals surface area contributed by atoms with Crippen LogP contribution in [0.4, 0.5) is 8.78 Å². The quantitative estimate of drug-likeness (QED) is 0.803. The summed E-state index contributed by atoms with van der Waals surface area (Å²) in [6.07, 6.45) is 1.80. The maximum absolute atomic E-state index is 12.9. The van der Waals surface area contributed by atoms with Crippen molar-refractivity contribution in [2.75, 3.05) is 13.1 Å². The van der Waals surface area contributed by atoms with Crippen molar-refractivity contribution in [2.45, 2.75) is 30.6 Å². The SMILES string of the molecule is CCCc1ccc(S(=O)(=O)NCC(F)(F)CN)cc1.Cl. The topological polar surface area (TPSA) is 72.2 Å². The molecule has 0 radical (unpaired) electrons. The first kappa shape index (κ1) is 19.2. The third-order valence-corrected chi connectivity index (χ3v) is 4.01. The number of nitrogens with two attached hydrogens (primary N) is 1. The van der Waals surface area contributed by atoms with Crippen molar-refractivity contribution in [2.24, 2.45) is 5.73 Å². The summed E-state index contributed by atoms with van der Waals surface area (Å²) in [5, 5.41) is 0. The Kier molecular flexibility index (Phi) is 7.57. The third-order valence-electron chi connectivity index (χ3n) is 2.59. The van der Waals surface area contributed by atoms with Crippen LogP contribution < -0.4 is 10.5 Å². The van der Waals surface area contributed by atoms with Crippen LogP contribution in [-0.4, -0.2) is 27.4 Å². The lowest BCUT2D eigenvalue weighted by atomic mass is 10.1. The van der Waals surface area contributed by atoms with Crippen LogP contribution in [0.2, 0.25) is 0 Å². The number of hydrogen-bond acceptors (Lipinski definition) is 3. The number of sulfonamides is 1. The van der Waals surface area contributed by atoms with E-state index in [1.165, 1.54) is 12.1 Å². The minimum absolute atomic E-state index is 0. The molecule has 3 N–H and O–H groups in total. The molecule has 0 bridgehead atoms. The first-order valence-corrected chi connectivity index (χ1v) is 7.45. The van der Waals surface area contributed by atoms with Gasteiger partial charge in [-0.2, -0.15) is 0 Å². The van der Waals surface area contributed by atoms with E-state index in [2.05, 4.69) is 0 Å². The molecule has 0 saturated heterocycles. The molecule has 0 heterocycles. The van der Waals surface area contributed by atoms with Gasteiger partial charge < -0.3 is 5.73 Å². The van der Waals surface area contributed by atoms with Gasteiger partial charge in [0, 0.05) is 0 Å². The standard InChI is InChI=1S/C12H18F2N2O2S.ClH/c1-2-3-10-4-6-11(7-5-10)19(17,18)16-9-12(13,14)8-15;/h4-7,16H,2-3,8-9,15H2,1H3;1H. The van der Waals surface area contributed by atoms with E-state index in [-0.39, 0.29) is 17.3 Å². The fourth-order valence-electron chi connectivity index (χ4n) is 1.48. The second kappa shape index (κ2) is 7.87. The fourth-order valence-corrected chi connectivity index (χ4v) is 2.54. The van der Waals surface area contributed by atoms with E-state index in [1.807, 2.05) is 11.6 Å². The number of nitrogens with one attached hydrogen (secondary N) is 1. The molecule has 1 aromatic rings. The van der Waals surface area contributed by atoms with Gasteiger partial charge in [-0.15, -0.1) is 12.4 Å². The fraction of sp³-hybridized carbons (Fsp3) is 0.500. The van der Waals surface area contributed by atoms with Gasteiger partial charge >= 0.3 is 0 Å². The average Bonchev–Trinajstić information content (AvgIpc) is 2.38. The molecule has 1 aromatic carbocycles. The summed E-state index contributed by atoms with van der Waals surface area (Å²) in [6.45, 7) is 0.120. The second-order valence-electron chi connectivity index (χ2n) is 4.28. The predicted molar refractivity (Wildman–Crippen MR) is 76.9 cm³/mol. The summed E-state index contributed by atoms with van der Waals surface area (Å²) in [6, 6.07) is 6.18. The van der Waals surface area contributed by atoms with E-state index in [0.717, 1.165) is 18.4 Å². The molecular weight excluding hydrogens is 310 g/mol. The molecule has 0 aliphatic carbocycles. The molecule has 0 atom stereocenters. The highest BCUT2D eigenvalue weighted by Crippen LogP contribution is 2.14. The lowest BCUT2D eigenvalue weighted by molar-refractivity contribution is 0.0170. The highest BCUT2D eigenvalue weighted by molar-refractivity contribution is 7.89. The largest absolute Gasteiger partial charge is 0.325 e. The van der Waals surface area contributed by atoms with Crippen molar-refractivity contribution in [3.05, 3.63) is 29.8 Å². The van der Waals surface area contributed by atoms with Crippen LogP contribution in [0.25, 0.3) is 0 Å². The van der Waals surface area contributed by atoms with Gasteiger partial charge in [-0.3, -0.25) is 0 Å². The molecule has 4 nitrogen and oxygen atoms in total. The smallest absolute Gasteiger partial charge is 0.273 e. The van der Waals surface area contributed by atoms with Gasteiger partial charge in [-0.25, -0.2) is 21.9 Å². The van der Waals surface area contributed by atoms with Crippen LogP contribution in [0.1, 0.15) is 18.9 Å². The Balaban J connectivity index is 0.00000361. The van der Waals surface area contributed by atoms with Crippen LogP contribution in [0.3, 0.4) is 0 Å². The van der Waals surface area contributed by atoms with Gasteiger partial charge in [-0.05, 0) is 24.1 Å². The Morgan fingerprint density at radius 3 is 2.25 bits per heavy atom. The van der Waals surface area contributed by atoms with Crippen molar-refractivity contribution in [3.63, 3.8) is 0 Å². The number of rotatable bonds is 7. The van der Waals surface area contributed by atoms with Crippen LogP contribution in [-0.2, 0) is 16.4 Å². The maximum atomic E-state index is 12.9. The Morgan fingerprint density at radius 1 is 1.25 bits per heavy atom. The molecule has 0 aliphatic heterocycles. The van der Waals surface area contributed by atoms with Crippen molar-refractivity contribution in [1.29, 1.82) is 0 Å². The summed E-state index contributed by atoms with van der Waals surface area (Å²) in [7, 11) is -3.92. The monoisotopic (exact) mass is 328 g/mol. The van der Waals surface area contributed by atoms with Crippen LogP contribution in [0, 0.1) is 0 Å². The number of benzene rings is 1. The second-order valence-corrected chi connectivity index (χ2v) is 6.05. The molecule has 20 heavy (non-hydrogen) atoms. The predicted octanol–water partition coefficient (Wildman–Crippen LogP) is 1.93. The van der Waals surface area contributed by atoms with Crippen LogP contribution in [0.5, 0.6) is 0 Å². The van der Waals surface area contributed by atoms with Gasteiger partial charge in [-0.1, -0.05) is 25.5 Å². The van der Waals surface area contributed by atoms with E-state index in [0.29, 0.717) is 0 Å². The van der Waals surface area contributed by atoms with Gasteiger partial charge in [0.1, 0.15) is 0 Å². The lowest BCUT2D eigenvalue weighted by Gasteiger charge is -2.14. The minimum Gasteiger partial charge on any atom is -0.325 e. The first-order valence-electron chi connectivity index (χ1n) is 5.97. The van der Waals surface area contributed by atoms with Crippen molar-refractivity contribution in [1.82, 2.24) is 4.72 Å². The van der Waals surface area contributed by atoms with Crippen molar-refractivity contribution >= 4 is 22.4 Å². The van der Waals surface area contributed by atoms with Crippen LogP contribution in [0.15, 0.2) is 29.2 Å². The Morgan fingerprint density at radius 2 is 1.80 bits per heavy atom. The summed E-state index contributed by atoms with van der Waals surface area (Å²) < 4.78 is 51.2. The first-order chi connectivity index (χ1) is 8.80. The number of aryl methyl sites for hydroxylation is 1. The molecule has 0 aromatic heterocycles. The third kappa shape index (κ3) is 5.70. The highest BCUT2D eigenvalue weighted by Gasteiger charge is 2.29. The number of halogens is 3. The van der Waals surface area contributed by atoms with Crippen molar-refractivity contribution < 1.29 is 17.2 Å². The molecule has 0 saturated carbocycles. The zero-order valence-electron chi connectivity index (χ0n) is 11.1. The highest BCUT2D eigenvalue weighted by atomic mass is 35.5. The Bertz CT molecular complexity index is 507. The molecule has 0 fully saturated rings. The normalized spacial score (nSPS) is 12.0. The number of alkyl halides is 2. The molecule has 0 aliphatic rings. The van der Waals surface area contributed by atoms with Gasteiger partial charge in [0.05, 0.1) is 18.0 Å². The summed E-state index contributed by atoms with van der Waals surface area (Å²) in [5.41, 5.74) is 5.85. The maximum Gasteiger partial charge on any atom is 0.273 e. The lowest BCUT2D eigenvalue weighted by Crippen LogP contribution is -2.41. The average molecular weight is 329 g/mol. The van der Waals surface area contributed by atoms with E-state index >= 15 is 0 Å². The van der Waals surface area contributed by atoms with Crippen molar-refractivity contribution in [3.8, 4) is 0 Å². The molecule has 0 unspecified atom stereocenters. The zero-order chi connectivity index (χ0) is 14.5.